The van der Waals surface area contributed by atoms with Crippen LogP contribution in [0.5, 0.6) is 0 Å². The fourth-order valence-corrected chi connectivity index (χ4v) is 10.1. The normalized spacial score (nSPS) is 22.6. The van der Waals surface area contributed by atoms with Gasteiger partial charge >= 0.3 is 0 Å². The second kappa shape index (κ2) is 11.3. The zero-order chi connectivity index (χ0) is 31.6. The van der Waals surface area contributed by atoms with E-state index in [9.17, 15) is 0 Å². The van der Waals surface area contributed by atoms with E-state index in [2.05, 4.69) is 134 Å². The van der Waals surface area contributed by atoms with Gasteiger partial charge in [0.25, 0.3) is 0 Å². The summed E-state index contributed by atoms with van der Waals surface area (Å²) < 4.78 is 0. The lowest BCUT2D eigenvalue weighted by atomic mass is 9.78. The third-order valence-electron chi connectivity index (χ3n) is 12.7. The molecule has 3 saturated carbocycles. The van der Waals surface area contributed by atoms with Gasteiger partial charge in [0.1, 0.15) is 0 Å². The molecule has 4 aliphatic carbocycles. The Hall–Kier alpha value is -4.10. The van der Waals surface area contributed by atoms with E-state index in [4.69, 9.17) is 0 Å². The van der Waals surface area contributed by atoms with Crippen LogP contribution in [0.25, 0.3) is 22.3 Å². The third-order valence-corrected chi connectivity index (χ3v) is 12.7. The molecule has 0 saturated heterocycles. The molecule has 5 aromatic carbocycles. The minimum Gasteiger partial charge on any atom is -0.310 e. The molecule has 9 rings (SSSR count). The minimum absolute atomic E-state index is 0.0725. The first-order valence-electron chi connectivity index (χ1n) is 18.3. The Morgan fingerprint density at radius 3 is 1.91 bits per heavy atom. The summed E-state index contributed by atoms with van der Waals surface area (Å²) in [6.07, 6.45) is 13.7. The summed E-state index contributed by atoms with van der Waals surface area (Å²) in [6, 6.07) is 44.5. The fourth-order valence-electron chi connectivity index (χ4n) is 10.1. The van der Waals surface area contributed by atoms with E-state index in [0.717, 1.165) is 5.92 Å². The molecule has 2 bridgehead atoms. The molecule has 0 aliphatic heterocycles. The Morgan fingerprint density at radius 2 is 1.23 bits per heavy atom. The molecule has 236 valence electrons. The summed E-state index contributed by atoms with van der Waals surface area (Å²) >= 11 is 0. The predicted octanol–water partition coefficient (Wildman–Crippen LogP) is 13.0. The lowest BCUT2D eigenvalue weighted by Gasteiger charge is -2.32. The summed E-state index contributed by atoms with van der Waals surface area (Å²) in [5.74, 6) is 1.65. The summed E-state index contributed by atoms with van der Waals surface area (Å²) in [7, 11) is 0. The molecule has 0 radical (unpaired) electrons. The van der Waals surface area contributed by atoms with Crippen LogP contribution in [-0.4, -0.2) is 0 Å². The maximum Gasteiger partial charge on any atom is 0.0543 e. The highest BCUT2D eigenvalue weighted by Crippen LogP contribution is 2.56. The molecule has 5 aromatic rings. The molecule has 0 aromatic heterocycles. The monoisotopic (exact) mass is 613 g/mol. The van der Waals surface area contributed by atoms with E-state index in [1.54, 1.807) is 5.56 Å². The maximum atomic E-state index is 2.56. The fraction of sp³-hybridized carbons (Fsp3) is 0.348. The van der Waals surface area contributed by atoms with Gasteiger partial charge in [0, 0.05) is 22.4 Å². The van der Waals surface area contributed by atoms with Crippen molar-refractivity contribution in [1.82, 2.24) is 0 Å². The van der Waals surface area contributed by atoms with Gasteiger partial charge in [-0.3, -0.25) is 0 Å². The highest BCUT2D eigenvalue weighted by molar-refractivity contribution is 5.94. The molecule has 3 fully saturated rings. The number of hydrogen-bond donors (Lipinski definition) is 0. The zero-order valence-corrected chi connectivity index (χ0v) is 28.1. The van der Waals surface area contributed by atoms with Crippen molar-refractivity contribution in [2.24, 2.45) is 5.92 Å². The molecule has 0 N–H and O–H groups in total. The van der Waals surface area contributed by atoms with Crippen LogP contribution in [0.4, 0.5) is 17.1 Å². The Kier molecular flexibility index (Phi) is 6.96. The standard InChI is InChI=1S/C46H47N/c1-45(2)42-16-10-9-15-39(42)41-29-40(35-13-7-4-8-14-35)44(30-43(41)45)47(37-21-17-34(18-22-37)33-11-5-3-6-12-33)38-23-19-36(20-24-38)46-27-25-32(31-46)26-28-46/h4,7-10,13-24,29-30,32-33H,3,5-6,11-12,25-28,31H2,1-2H3. The maximum absolute atomic E-state index is 2.56. The Balaban J connectivity index is 1.22. The van der Waals surface area contributed by atoms with E-state index >= 15 is 0 Å². The number of rotatable bonds is 6. The van der Waals surface area contributed by atoms with Crippen LogP contribution < -0.4 is 4.90 Å². The molecule has 0 heterocycles. The topological polar surface area (TPSA) is 3.24 Å². The smallest absolute Gasteiger partial charge is 0.0543 e. The van der Waals surface area contributed by atoms with Crippen LogP contribution in [-0.2, 0) is 10.8 Å². The quantitative estimate of drug-likeness (QED) is 0.184. The van der Waals surface area contributed by atoms with Crippen molar-refractivity contribution in [3.8, 4) is 22.3 Å². The van der Waals surface area contributed by atoms with Crippen LogP contribution in [0.15, 0.2) is 115 Å². The largest absolute Gasteiger partial charge is 0.310 e. The highest BCUT2D eigenvalue weighted by atomic mass is 15.1. The van der Waals surface area contributed by atoms with Crippen LogP contribution in [0, 0.1) is 5.92 Å². The summed E-state index contributed by atoms with van der Waals surface area (Å²) in [6.45, 7) is 4.80. The van der Waals surface area contributed by atoms with Crippen LogP contribution in [0.1, 0.15) is 106 Å². The molecule has 0 spiro atoms. The first kappa shape index (κ1) is 29.1. The van der Waals surface area contributed by atoms with E-state index in [1.165, 1.54) is 120 Å². The average molecular weight is 614 g/mol. The number of nitrogens with zero attached hydrogens (tertiary/aromatic N) is 1. The SMILES string of the molecule is CC1(C)c2ccccc2-c2cc(-c3ccccc3)c(N(c3ccc(C4CCCCC4)cc3)c3ccc(C45CCC(CC4)C5)cc3)cc21. The number of anilines is 3. The van der Waals surface area contributed by atoms with Crippen LogP contribution >= 0.6 is 0 Å². The van der Waals surface area contributed by atoms with Gasteiger partial charge in [-0.1, -0.05) is 112 Å². The third kappa shape index (κ3) is 4.80. The number of benzene rings is 5. The number of hydrogen-bond acceptors (Lipinski definition) is 1. The molecule has 0 unspecified atom stereocenters. The van der Waals surface area contributed by atoms with E-state index in [-0.39, 0.29) is 5.41 Å². The summed E-state index contributed by atoms with van der Waals surface area (Å²) in [5.41, 5.74) is 15.3. The molecule has 4 aliphatic rings. The van der Waals surface area contributed by atoms with Crippen molar-refractivity contribution in [3.63, 3.8) is 0 Å². The van der Waals surface area contributed by atoms with Crippen molar-refractivity contribution in [3.05, 3.63) is 138 Å². The first-order valence-corrected chi connectivity index (χ1v) is 18.3. The van der Waals surface area contributed by atoms with E-state index in [1.807, 2.05) is 0 Å². The van der Waals surface area contributed by atoms with Gasteiger partial charge in [-0.2, -0.15) is 0 Å². The van der Waals surface area contributed by atoms with Crippen LogP contribution in [0.2, 0.25) is 0 Å². The lowest BCUT2D eigenvalue weighted by molar-refractivity contribution is 0.419. The molecular formula is C46H47N. The van der Waals surface area contributed by atoms with Gasteiger partial charge in [-0.15, -0.1) is 0 Å². The van der Waals surface area contributed by atoms with Gasteiger partial charge in [0.15, 0.2) is 0 Å². The molecule has 1 heteroatoms. The molecule has 47 heavy (non-hydrogen) atoms. The van der Waals surface area contributed by atoms with E-state index in [0.29, 0.717) is 11.3 Å². The lowest BCUT2D eigenvalue weighted by Crippen LogP contribution is -2.20. The second-order valence-corrected chi connectivity index (χ2v) is 15.7. The van der Waals surface area contributed by atoms with Crippen molar-refractivity contribution < 1.29 is 0 Å². The first-order chi connectivity index (χ1) is 23.0. The predicted molar refractivity (Wildman–Crippen MR) is 198 cm³/mol. The molecule has 1 nitrogen and oxygen atoms in total. The van der Waals surface area contributed by atoms with Crippen molar-refractivity contribution >= 4 is 17.1 Å². The van der Waals surface area contributed by atoms with Crippen molar-refractivity contribution in [1.29, 1.82) is 0 Å². The molecule has 0 atom stereocenters. The molecule has 0 amide bonds. The van der Waals surface area contributed by atoms with Gasteiger partial charge in [-0.25, -0.2) is 0 Å². The summed E-state index contributed by atoms with van der Waals surface area (Å²) in [4.78, 5) is 2.56. The second-order valence-electron chi connectivity index (χ2n) is 15.7. The zero-order valence-electron chi connectivity index (χ0n) is 28.1. The van der Waals surface area contributed by atoms with Crippen LogP contribution in [0.3, 0.4) is 0 Å². The van der Waals surface area contributed by atoms with E-state index < -0.39 is 0 Å². The Bertz CT molecular complexity index is 1900. The summed E-state index contributed by atoms with van der Waals surface area (Å²) in [5, 5.41) is 0. The van der Waals surface area contributed by atoms with Crippen molar-refractivity contribution in [2.45, 2.75) is 94.8 Å². The van der Waals surface area contributed by atoms with Gasteiger partial charge < -0.3 is 4.90 Å². The van der Waals surface area contributed by atoms with Gasteiger partial charge in [-0.05, 0) is 138 Å². The minimum atomic E-state index is -0.0725. The Labute approximate surface area is 281 Å². The average Bonchev–Trinajstić information content (AvgIpc) is 3.81. The molecular weight excluding hydrogens is 567 g/mol. The van der Waals surface area contributed by atoms with Gasteiger partial charge in [0.05, 0.1) is 5.69 Å². The van der Waals surface area contributed by atoms with Crippen molar-refractivity contribution in [2.75, 3.05) is 4.90 Å². The van der Waals surface area contributed by atoms with Gasteiger partial charge in [0.2, 0.25) is 0 Å². The number of fused-ring (bicyclic) bond motifs is 5. The highest BCUT2D eigenvalue weighted by Gasteiger charge is 2.45. The Morgan fingerprint density at radius 1 is 0.574 bits per heavy atom.